The van der Waals surface area contributed by atoms with Crippen molar-refractivity contribution in [2.45, 2.75) is 38.8 Å². The maximum absolute atomic E-state index is 12.2. The van der Waals surface area contributed by atoms with Gasteiger partial charge in [-0.3, -0.25) is 10.1 Å². The van der Waals surface area contributed by atoms with E-state index in [-0.39, 0.29) is 5.91 Å². The molecule has 2 amide bonds. The molecule has 0 saturated carbocycles. The number of hydrogen-bond donors (Lipinski definition) is 3. The average molecular weight is 355 g/mol. The standard InChI is InChI=1S/C20H25N3O3/c1-20(2,3)26-19(25)23-16-11-9-15(10-12-16)22-18(24)17(21)13-14-7-5-4-6-8-14/h4-12,17H,13,21H2,1-3H3,(H,22,24)(H,23,25)/t17-/m1/s1. The van der Waals surface area contributed by atoms with Crippen LogP contribution in [-0.4, -0.2) is 23.6 Å². The van der Waals surface area contributed by atoms with Crippen LogP contribution >= 0.6 is 0 Å². The first kappa shape index (κ1) is 19.5. The molecule has 2 rings (SSSR count). The summed E-state index contributed by atoms with van der Waals surface area (Å²) in [7, 11) is 0. The topological polar surface area (TPSA) is 93.5 Å². The number of amides is 2. The van der Waals surface area contributed by atoms with Crippen LogP contribution in [0.1, 0.15) is 26.3 Å². The van der Waals surface area contributed by atoms with Gasteiger partial charge in [0.25, 0.3) is 0 Å². The smallest absolute Gasteiger partial charge is 0.412 e. The second-order valence-electron chi connectivity index (χ2n) is 6.99. The Morgan fingerprint density at radius 1 is 0.962 bits per heavy atom. The lowest BCUT2D eigenvalue weighted by Crippen LogP contribution is -2.37. The van der Waals surface area contributed by atoms with Crippen molar-refractivity contribution < 1.29 is 14.3 Å². The number of hydrogen-bond acceptors (Lipinski definition) is 4. The fourth-order valence-corrected chi connectivity index (χ4v) is 2.25. The quantitative estimate of drug-likeness (QED) is 0.765. The van der Waals surface area contributed by atoms with Gasteiger partial charge in [-0.05, 0) is 57.0 Å². The third-order valence-corrected chi connectivity index (χ3v) is 3.43. The summed E-state index contributed by atoms with van der Waals surface area (Å²) in [5.41, 5.74) is 7.59. The molecule has 2 aromatic rings. The van der Waals surface area contributed by atoms with E-state index in [4.69, 9.17) is 10.5 Å². The number of anilines is 2. The number of carbonyl (C=O) groups is 2. The lowest BCUT2D eigenvalue weighted by Gasteiger charge is -2.19. The summed E-state index contributed by atoms with van der Waals surface area (Å²) in [6.45, 7) is 5.39. The van der Waals surface area contributed by atoms with Gasteiger partial charge in [0.15, 0.2) is 0 Å². The molecule has 138 valence electrons. The Morgan fingerprint density at radius 2 is 1.50 bits per heavy atom. The van der Waals surface area contributed by atoms with Crippen LogP contribution in [0.5, 0.6) is 0 Å². The van der Waals surface area contributed by atoms with E-state index < -0.39 is 17.7 Å². The Kier molecular flexibility index (Phi) is 6.36. The van der Waals surface area contributed by atoms with Crippen molar-refractivity contribution in [2.75, 3.05) is 10.6 Å². The minimum Gasteiger partial charge on any atom is -0.444 e. The average Bonchev–Trinajstić information content (AvgIpc) is 2.55. The first-order valence-electron chi connectivity index (χ1n) is 8.43. The molecule has 0 fully saturated rings. The third kappa shape index (κ3) is 6.57. The number of benzene rings is 2. The van der Waals surface area contributed by atoms with Crippen LogP contribution in [0.2, 0.25) is 0 Å². The van der Waals surface area contributed by atoms with E-state index in [9.17, 15) is 9.59 Å². The summed E-state index contributed by atoms with van der Waals surface area (Å²) in [5.74, 6) is -0.262. The first-order valence-corrected chi connectivity index (χ1v) is 8.43. The highest BCUT2D eigenvalue weighted by Gasteiger charge is 2.17. The van der Waals surface area contributed by atoms with Gasteiger partial charge in [-0.25, -0.2) is 4.79 Å². The molecule has 0 aliphatic carbocycles. The van der Waals surface area contributed by atoms with Crippen LogP contribution in [0, 0.1) is 0 Å². The van der Waals surface area contributed by atoms with Crippen LogP contribution in [-0.2, 0) is 16.0 Å². The molecule has 6 heteroatoms. The molecule has 4 N–H and O–H groups in total. The van der Waals surface area contributed by atoms with Crippen LogP contribution in [0.15, 0.2) is 54.6 Å². The predicted molar refractivity (Wildman–Crippen MR) is 103 cm³/mol. The van der Waals surface area contributed by atoms with Gasteiger partial charge in [-0.1, -0.05) is 30.3 Å². The minimum atomic E-state index is -0.642. The van der Waals surface area contributed by atoms with Gasteiger partial charge in [0.1, 0.15) is 5.60 Å². The summed E-state index contributed by atoms with van der Waals surface area (Å²) in [6, 6.07) is 15.7. The zero-order valence-corrected chi connectivity index (χ0v) is 15.3. The van der Waals surface area contributed by atoms with Crippen molar-refractivity contribution in [3.8, 4) is 0 Å². The van der Waals surface area contributed by atoms with Crippen LogP contribution in [0.4, 0.5) is 16.2 Å². The van der Waals surface area contributed by atoms with Crippen LogP contribution in [0.3, 0.4) is 0 Å². The van der Waals surface area contributed by atoms with Crippen molar-refractivity contribution in [2.24, 2.45) is 5.73 Å². The number of rotatable bonds is 5. The molecular weight excluding hydrogens is 330 g/mol. The minimum absolute atomic E-state index is 0.262. The molecule has 0 aliphatic rings. The SMILES string of the molecule is CC(C)(C)OC(=O)Nc1ccc(NC(=O)[C@H](N)Cc2ccccc2)cc1. The van der Waals surface area contributed by atoms with E-state index in [1.54, 1.807) is 45.0 Å². The highest BCUT2D eigenvalue weighted by atomic mass is 16.6. The molecule has 2 aromatic carbocycles. The Balaban J connectivity index is 1.88. The molecule has 0 unspecified atom stereocenters. The normalized spacial score (nSPS) is 12.2. The second kappa shape index (κ2) is 8.49. The van der Waals surface area contributed by atoms with E-state index in [1.165, 1.54) is 0 Å². The lowest BCUT2D eigenvalue weighted by molar-refractivity contribution is -0.117. The number of ether oxygens (including phenoxy) is 1. The first-order chi connectivity index (χ1) is 12.2. The van der Waals surface area contributed by atoms with Crippen molar-refractivity contribution in [3.05, 3.63) is 60.2 Å². The Bertz CT molecular complexity index is 737. The zero-order valence-electron chi connectivity index (χ0n) is 15.3. The molecular formula is C20H25N3O3. The molecule has 26 heavy (non-hydrogen) atoms. The van der Waals surface area contributed by atoms with E-state index in [0.29, 0.717) is 17.8 Å². The molecule has 0 aromatic heterocycles. The molecule has 1 atom stereocenters. The van der Waals surface area contributed by atoms with Gasteiger partial charge in [0, 0.05) is 11.4 Å². The van der Waals surface area contributed by atoms with E-state index in [2.05, 4.69) is 10.6 Å². The molecule has 0 bridgehead atoms. The lowest BCUT2D eigenvalue weighted by atomic mass is 10.1. The number of nitrogens with one attached hydrogen (secondary N) is 2. The van der Waals surface area contributed by atoms with Gasteiger partial charge >= 0.3 is 6.09 Å². The summed E-state index contributed by atoms with van der Waals surface area (Å²) in [6.07, 6.45) is -0.0653. The third-order valence-electron chi connectivity index (χ3n) is 3.43. The van der Waals surface area contributed by atoms with Gasteiger partial charge in [0.2, 0.25) is 5.91 Å². The molecule has 0 saturated heterocycles. The Labute approximate surface area is 153 Å². The second-order valence-corrected chi connectivity index (χ2v) is 6.99. The van der Waals surface area contributed by atoms with Crippen molar-refractivity contribution in [1.29, 1.82) is 0 Å². The number of nitrogens with two attached hydrogens (primary N) is 1. The molecule has 0 radical (unpaired) electrons. The molecule has 0 aliphatic heterocycles. The van der Waals surface area contributed by atoms with Crippen molar-refractivity contribution in [1.82, 2.24) is 0 Å². The van der Waals surface area contributed by atoms with Gasteiger partial charge in [-0.2, -0.15) is 0 Å². The Morgan fingerprint density at radius 3 is 2.04 bits per heavy atom. The van der Waals surface area contributed by atoms with E-state index >= 15 is 0 Å². The zero-order chi connectivity index (χ0) is 19.2. The molecule has 6 nitrogen and oxygen atoms in total. The summed E-state index contributed by atoms with van der Waals surface area (Å²) < 4.78 is 5.19. The maximum Gasteiger partial charge on any atom is 0.412 e. The van der Waals surface area contributed by atoms with Crippen molar-refractivity contribution >= 4 is 23.4 Å². The predicted octanol–water partition coefficient (Wildman–Crippen LogP) is 3.54. The van der Waals surface area contributed by atoms with Crippen LogP contribution in [0.25, 0.3) is 0 Å². The van der Waals surface area contributed by atoms with Gasteiger partial charge < -0.3 is 15.8 Å². The summed E-state index contributed by atoms with van der Waals surface area (Å²) >= 11 is 0. The highest BCUT2D eigenvalue weighted by Crippen LogP contribution is 2.16. The fraction of sp³-hybridized carbons (Fsp3) is 0.300. The fourth-order valence-electron chi connectivity index (χ4n) is 2.25. The van der Waals surface area contributed by atoms with E-state index in [1.807, 2.05) is 30.3 Å². The maximum atomic E-state index is 12.2. The Hall–Kier alpha value is -2.86. The molecule has 0 heterocycles. The van der Waals surface area contributed by atoms with Crippen LogP contribution < -0.4 is 16.4 Å². The molecule has 0 spiro atoms. The summed E-state index contributed by atoms with van der Waals surface area (Å²) in [4.78, 5) is 23.9. The summed E-state index contributed by atoms with van der Waals surface area (Å²) in [5, 5.41) is 5.41. The monoisotopic (exact) mass is 355 g/mol. The van der Waals surface area contributed by atoms with Gasteiger partial charge in [0.05, 0.1) is 6.04 Å². The van der Waals surface area contributed by atoms with E-state index in [0.717, 1.165) is 5.56 Å². The highest BCUT2D eigenvalue weighted by molar-refractivity contribution is 5.95. The van der Waals surface area contributed by atoms with Crippen molar-refractivity contribution in [3.63, 3.8) is 0 Å². The largest absolute Gasteiger partial charge is 0.444 e. The van der Waals surface area contributed by atoms with Gasteiger partial charge in [-0.15, -0.1) is 0 Å². The number of carbonyl (C=O) groups excluding carboxylic acids is 2.